The van der Waals surface area contributed by atoms with Gasteiger partial charge in [0, 0.05) is 38.8 Å². The lowest BCUT2D eigenvalue weighted by Gasteiger charge is -2.51. The molecule has 0 unspecified atom stereocenters. The van der Waals surface area contributed by atoms with E-state index in [1.165, 1.54) is 207 Å². The van der Waals surface area contributed by atoms with Gasteiger partial charge in [0.25, 0.3) is 0 Å². The van der Waals surface area contributed by atoms with Gasteiger partial charge in [-0.1, -0.05) is 189 Å². The monoisotopic (exact) mass is 1020 g/mol. The van der Waals surface area contributed by atoms with E-state index in [0.29, 0.717) is 23.7 Å². The van der Waals surface area contributed by atoms with Crippen molar-refractivity contribution in [3.05, 3.63) is 179 Å². The van der Waals surface area contributed by atoms with Gasteiger partial charge in [-0.15, -0.1) is 0 Å². The van der Waals surface area contributed by atoms with E-state index in [4.69, 9.17) is 0 Å². The van der Waals surface area contributed by atoms with Crippen molar-refractivity contribution >= 4 is 61.0 Å². The third-order valence-electron chi connectivity index (χ3n) is 19.8. The third-order valence-corrected chi connectivity index (χ3v) is 29.8. The van der Waals surface area contributed by atoms with Gasteiger partial charge in [0.1, 0.15) is 0 Å². The number of hydrogen-bond acceptors (Lipinski definition) is 2. The van der Waals surface area contributed by atoms with Gasteiger partial charge < -0.3 is 9.80 Å². The van der Waals surface area contributed by atoms with Crippen molar-refractivity contribution in [1.29, 1.82) is 0 Å². The highest BCUT2D eigenvalue weighted by Gasteiger charge is 2.60. The molecule has 0 saturated heterocycles. The van der Waals surface area contributed by atoms with Gasteiger partial charge in [-0.2, -0.15) is 0 Å². The van der Waals surface area contributed by atoms with Crippen molar-refractivity contribution < 1.29 is 0 Å². The maximum Gasteiger partial charge on any atom is 0.0579 e. The van der Waals surface area contributed by atoms with Gasteiger partial charge in [0.05, 0.1) is 16.1 Å². The molecular formula is C71H86N2Si2. The van der Waals surface area contributed by atoms with E-state index in [-0.39, 0.29) is 4.66 Å². The lowest BCUT2D eigenvalue weighted by Crippen LogP contribution is -2.63. The molecule has 5 aliphatic carbocycles. The standard InChI is InChI=1S/C71H86N2Si2/c1-74(2,3)71(75(4,5)6)69-50-65(73(62-40-31-57(32-41-62)53-23-15-9-16-24-53)63-42-33-58(34-43-63)54-25-17-10-18-26-54)45-48-67(69)68-46-35-59-49-64(44-47-66(59)70(68)71)72(60-36-27-55(28-37-60)51-19-11-7-12-20-51)61-38-29-56(30-39-61)52-21-13-8-14-22-52/h27-54H,7-26H2,1-6H3. The van der Waals surface area contributed by atoms with E-state index < -0.39 is 16.1 Å². The first-order valence-electron chi connectivity index (χ1n) is 30.2. The number of anilines is 6. The molecule has 75 heavy (non-hydrogen) atoms. The summed E-state index contributed by atoms with van der Waals surface area (Å²) < 4.78 is -0.0351. The summed E-state index contributed by atoms with van der Waals surface area (Å²) in [5.74, 6) is 2.75. The molecule has 0 spiro atoms. The Morgan fingerprint density at radius 3 is 0.973 bits per heavy atom. The molecule has 12 rings (SSSR count). The minimum atomic E-state index is -2.05. The first-order valence-corrected chi connectivity index (χ1v) is 37.2. The second-order valence-corrected chi connectivity index (χ2v) is 37.3. The Morgan fingerprint density at radius 2 is 0.627 bits per heavy atom. The van der Waals surface area contributed by atoms with Crippen molar-refractivity contribution in [2.24, 2.45) is 0 Å². The van der Waals surface area contributed by atoms with E-state index in [1.54, 1.807) is 11.1 Å². The summed E-state index contributed by atoms with van der Waals surface area (Å²) in [6.07, 6.45) is 27.0. The van der Waals surface area contributed by atoms with E-state index >= 15 is 0 Å². The Morgan fingerprint density at radius 1 is 0.320 bits per heavy atom. The molecule has 0 heterocycles. The van der Waals surface area contributed by atoms with Crippen LogP contribution < -0.4 is 9.80 Å². The number of hydrogen-bond donors (Lipinski definition) is 0. The number of rotatable bonds is 12. The van der Waals surface area contributed by atoms with Crippen molar-refractivity contribution in [3.8, 4) is 11.1 Å². The molecular weight excluding hydrogens is 937 g/mol. The quantitative estimate of drug-likeness (QED) is 0.113. The summed E-state index contributed by atoms with van der Waals surface area (Å²) >= 11 is 0. The highest BCUT2D eigenvalue weighted by atomic mass is 28.4. The zero-order chi connectivity index (χ0) is 51.3. The number of benzene rings is 7. The van der Waals surface area contributed by atoms with Gasteiger partial charge in [-0.25, -0.2) is 0 Å². The molecule has 5 aliphatic rings. The lowest BCUT2D eigenvalue weighted by atomic mass is 9.84. The van der Waals surface area contributed by atoms with E-state index in [9.17, 15) is 0 Å². The molecule has 388 valence electrons. The summed E-state index contributed by atoms with van der Waals surface area (Å²) in [5.41, 5.74) is 19.7. The van der Waals surface area contributed by atoms with Gasteiger partial charge >= 0.3 is 0 Å². The van der Waals surface area contributed by atoms with Crippen molar-refractivity contribution in [2.75, 3.05) is 9.80 Å². The first-order chi connectivity index (χ1) is 36.5. The average Bonchev–Trinajstić information content (AvgIpc) is 3.80. The van der Waals surface area contributed by atoms with Crippen LogP contribution in [-0.4, -0.2) is 16.1 Å². The van der Waals surface area contributed by atoms with Crippen LogP contribution in [0.4, 0.5) is 34.1 Å². The first kappa shape index (κ1) is 50.6. The number of fused-ring (bicyclic) bond motifs is 5. The van der Waals surface area contributed by atoms with E-state index in [2.05, 4.69) is 195 Å². The fourth-order valence-corrected chi connectivity index (χ4v) is 29.4. The molecule has 4 saturated carbocycles. The maximum absolute atomic E-state index is 2.69. The van der Waals surface area contributed by atoms with Crippen molar-refractivity contribution in [3.63, 3.8) is 0 Å². The molecule has 2 nitrogen and oxygen atoms in total. The van der Waals surface area contributed by atoms with E-state index in [1.807, 2.05) is 0 Å². The highest BCUT2D eigenvalue weighted by Crippen LogP contribution is 2.61. The summed E-state index contributed by atoms with van der Waals surface area (Å²) in [5, 5.41) is 2.79. The molecule has 0 amide bonds. The zero-order valence-corrected chi connectivity index (χ0v) is 48.7. The fourth-order valence-electron chi connectivity index (χ4n) is 16.3. The minimum Gasteiger partial charge on any atom is -0.310 e. The van der Waals surface area contributed by atoms with Crippen LogP contribution in [0.15, 0.2) is 146 Å². The summed E-state index contributed by atoms with van der Waals surface area (Å²) in [4.78, 5) is 5.14. The summed E-state index contributed by atoms with van der Waals surface area (Å²) in [6, 6.07) is 59.3. The molecule has 7 aromatic carbocycles. The van der Waals surface area contributed by atoms with Gasteiger partial charge in [0.15, 0.2) is 0 Å². The predicted octanol–water partition coefficient (Wildman–Crippen LogP) is 22.0. The summed E-state index contributed by atoms with van der Waals surface area (Å²) in [6.45, 7) is 16.1. The molecule has 0 atom stereocenters. The Kier molecular flexibility index (Phi) is 14.2. The SMILES string of the molecule is C[Si](C)(C)C1([Si](C)(C)C)c2cc(N(c3ccc(C4CCCCC4)cc3)c3ccc(C4CCCCC4)cc3)ccc2-c2ccc3cc(N(c4ccc(C5CCCCC5)cc4)c4ccc(C5CCCCC5)cc4)ccc3c21. The molecule has 0 radical (unpaired) electrons. The highest BCUT2D eigenvalue weighted by molar-refractivity contribution is 7.00. The van der Waals surface area contributed by atoms with Crippen LogP contribution in [0.2, 0.25) is 39.3 Å². The van der Waals surface area contributed by atoms with E-state index in [0.717, 1.165) is 0 Å². The smallest absolute Gasteiger partial charge is 0.0579 e. The largest absolute Gasteiger partial charge is 0.310 e. The molecule has 4 fully saturated rings. The van der Waals surface area contributed by atoms with Crippen LogP contribution in [0.3, 0.4) is 0 Å². The van der Waals surface area contributed by atoms with Gasteiger partial charge in [0.2, 0.25) is 0 Å². The molecule has 7 aromatic rings. The zero-order valence-electron chi connectivity index (χ0n) is 46.7. The maximum atomic E-state index is 2.69. The lowest BCUT2D eigenvalue weighted by molar-refractivity contribution is 0.443. The van der Waals surface area contributed by atoms with Crippen LogP contribution in [0, 0.1) is 0 Å². The molecule has 0 aliphatic heterocycles. The predicted molar refractivity (Wildman–Crippen MR) is 330 cm³/mol. The molecule has 0 aromatic heterocycles. The second kappa shape index (κ2) is 21.0. The third kappa shape index (κ3) is 9.51. The average molecular weight is 1020 g/mol. The Labute approximate surface area is 454 Å². The Hall–Kier alpha value is -5.17. The molecule has 0 N–H and O–H groups in total. The Bertz CT molecular complexity index is 2940. The molecule has 4 heteroatoms. The van der Waals surface area contributed by atoms with Gasteiger partial charge in [-0.05, 0) is 203 Å². The van der Waals surface area contributed by atoms with Crippen LogP contribution >= 0.6 is 0 Å². The van der Waals surface area contributed by atoms with Crippen LogP contribution in [0.25, 0.3) is 21.9 Å². The topological polar surface area (TPSA) is 6.48 Å². The number of nitrogens with zero attached hydrogens (tertiary/aromatic N) is 2. The second-order valence-electron chi connectivity index (χ2n) is 26.3. The summed E-state index contributed by atoms with van der Waals surface area (Å²) in [7, 11) is -4.09. The fraction of sp³-hybridized carbons (Fsp3) is 0.437. The minimum absolute atomic E-state index is 0.0351. The van der Waals surface area contributed by atoms with Crippen molar-refractivity contribution in [2.45, 2.75) is 196 Å². The van der Waals surface area contributed by atoms with Gasteiger partial charge in [-0.3, -0.25) is 0 Å². The molecule has 0 bridgehead atoms. The Balaban J connectivity index is 0.970. The normalized spacial score (nSPS) is 19.0. The van der Waals surface area contributed by atoms with Crippen molar-refractivity contribution in [1.82, 2.24) is 0 Å². The van der Waals surface area contributed by atoms with Crippen LogP contribution in [0.1, 0.15) is 185 Å². The van der Waals surface area contributed by atoms with Crippen LogP contribution in [-0.2, 0) is 4.66 Å². The van der Waals surface area contributed by atoms with Crippen LogP contribution in [0.5, 0.6) is 0 Å².